The third kappa shape index (κ3) is 1.99. The molecule has 0 bridgehead atoms. The maximum atomic E-state index is 5.58. The highest BCUT2D eigenvalue weighted by molar-refractivity contribution is 5.59. The van der Waals surface area contributed by atoms with E-state index in [9.17, 15) is 0 Å². The second-order valence-electron chi connectivity index (χ2n) is 4.16. The summed E-state index contributed by atoms with van der Waals surface area (Å²) < 4.78 is 2.03. The van der Waals surface area contributed by atoms with E-state index in [0.717, 1.165) is 11.3 Å². The lowest BCUT2D eigenvalue weighted by Gasteiger charge is -2.11. The first-order valence-corrected chi connectivity index (χ1v) is 5.55. The number of hydrogen-bond acceptors (Lipinski definition) is 2. The minimum atomic E-state index is 0.374. The van der Waals surface area contributed by atoms with Crippen molar-refractivity contribution < 1.29 is 0 Å². The van der Waals surface area contributed by atoms with Crippen LogP contribution in [0, 0.1) is 0 Å². The van der Waals surface area contributed by atoms with Crippen molar-refractivity contribution in [1.29, 1.82) is 0 Å². The molecule has 3 heteroatoms. The predicted octanol–water partition coefficient (Wildman–Crippen LogP) is 2.59. The zero-order chi connectivity index (χ0) is 11.5. The van der Waals surface area contributed by atoms with Crippen LogP contribution in [0.2, 0.25) is 0 Å². The number of nitrogens with zero attached hydrogens (tertiary/aromatic N) is 2. The summed E-state index contributed by atoms with van der Waals surface area (Å²) in [5, 5.41) is 4.33. The Balaban J connectivity index is 2.38. The fraction of sp³-hybridized carbons (Fsp3) is 0.308. The number of hydrogen-bond donors (Lipinski definition) is 1. The van der Waals surface area contributed by atoms with Gasteiger partial charge in [0.15, 0.2) is 0 Å². The van der Waals surface area contributed by atoms with Crippen LogP contribution in [0.4, 0.5) is 0 Å². The summed E-state index contributed by atoms with van der Waals surface area (Å²) in [6.45, 7) is 4.85. The Labute approximate surface area is 95.9 Å². The quantitative estimate of drug-likeness (QED) is 0.855. The monoisotopic (exact) mass is 215 g/mol. The van der Waals surface area contributed by atoms with Crippen LogP contribution < -0.4 is 5.73 Å². The maximum absolute atomic E-state index is 5.58. The Morgan fingerprint density at radius 3 is 2.44 bits per heavy atom. The molecule has 2 N–H and O–H groups in total. The molecule has 1 aromatic heterocycles. The minimum Gasteiger partial charge on any atom is -0.326 e. The molecule has 2 aromatic rings. The van der Waals surface area contributed by atoms with Gasteiger partial charge < -0.3 is 5.73 Å². The molecule has 84 valence electrons. The van der Waals surface area contributed by atoms with E-state index >= 15 is 0 Å². The van der Waals surface area contributed by atoms with Crippen LogP contribution in [0.5, 0.6) is 0 Å². The second kappa shape index (κ2) is 4.49. The summed E-state index contributed by atoms with van der Waals surface area (Å²) in [7, 11) is 0. The molecule has 3 nitrogen and oxygen atoms in total. The van der Waals surface area contributed by atoms with Gasteiger partial charge in [-0.25, -0.2) is 0 Å². The molecule has 0 aliphatic rings. The number of aromatic nitrogens is 2. The van der Waals surface area contributed by atoms with Gasteiger partial charge in [-0.15, -0.1) is 0 Å². The Morgan fingerprint density at radius 2 is 1.88 bits per heavy atom. The van der Waals surface area contributed by atoms with E-state index < -0.39 is 0 Å². The molecule has 0 amide bonds. The van der Waals surface area contributed by atoms with E-state index in [1.165, 1.54) is 5.56 Å². The van der Waals surface area contributed by atoms with Crippen LogP contribution in [0.3, 0.4) is 0 Å². The van der Waals surface area contributed by atoms with Crippen molar-refractivity contribution >= 4 is 0 Å². The van der Waals surface area contributed by atoms with Gasteiger partial charge in [0.25, 0.3) is 0 Å². The first-order chi connectivity index (χ1) is 7.72. The van der Waals surface area contributed by atoms with Crippen LogP contribution in [-0.2, 0) is 6.54 Å². The minimum absolute atomic E-state index is 0.374. The second-order valence-corrected chi connectivity index (χ2v) is 4.16. The van der Waals surface area contributed by atoms with Crippen molar-refractivity contribution in [2.45, 2.75) is 26.4 Å². The Bertz CT molecular complexity index is 454. The van der Waals surface area contributed by atoms with E-state index in [4.69, 9.17) is 5.73 Å². The Hall–Kier alpha value is -1.61. The standard InChI is InChI=1S/C13H17N3/c1-10(2)16-13(7-8-15-16)12-5-3-11(9-14)4-6-12/h3-8,10H,9,14H2,1-2H3. The summed E-state index contributed by atoms with van der Waals surface area (Å²) in [6, 6.07) is 10.7. The van der Waals surface area contributed by atoms with Crippen LogP contribution in [0.25, 0.3) is 11.3 Å². The van der Waals surface area contributed by atoms with Gasteiger partial charge in [0.2, 0.25) is 0 Å². The van der Waals surface area contributed by atoms with Gasteiger partial charge in [0, 0.05) is 18.8 Å². The Kier molecular flexibility index (Phi) is 3.06. The van der Waals surface area contributed by atoms with Gasteiger partial charge in [0.05, 0.1) is 5.69 Å². The van der Waals surface area contributed by atoms with Crippen molar-refractivity contribution in [3.8, 4) is 11.3 Å². The van der Waals surface area contributed by atoms with Gasteiger partial charge in [-0.05, 0) is 31.0 Å². The molecule has 0 saturated heterocycles. The molecular formula is C13H17N3. The molecule has 0 atom stereocenters. The van der Waals surface area contributed by atoms with Crippen molar-refractivity contribution in [2.75, 3.05) is 0 Å². The molecule has 0 aliphatic carbocycles. The summed E-state index contributed by atoms with van der Waals surface area (Å²) in [5.41, 5.74) is 9.07. The summed E-state index contributed by atoms with van der Waals surface area (Å²) in [4.78, 5) is 0. The summed E-state index contributed by atoms with van der Waals surface area (Å²) >= 11 is 0. The SMILES string of the molecule is CC(C)n1nccc1-c1ccc(CN)cc1. The number of benzene rings is 1. The van der Waals surface area contributed by atoms with Gasteiger partial charge in [-0.2, -0.15) is 5.10 Å². The molecule has 0 aliphatic heterocycles. The molecule has 1 aromatic carbocycles. The van der Waals surface area contributed by atoms with Crippen LogP contribution in [0.15, 0.2) is 36.5 Å². The summed E-state index contributed by atoms with van der Waals surface area (Å²) in [6.07, 6.45) is 1.84. The van der Waals surface area contributed by atoms with Gasteiger partial charge in [0.1, 0.15) is 0 Å². The maximum Gasteiger partial charge on any atom is 0.0685 e. The topological polar surface area (TPSA) is 43.8 Å². The molecule has 0 spiro atoms. The van der Waals surface area contributed by atoms with Gasteiger partial charge in [-0.1, -0.05) is 24.3 Å². The zero-order valence-corrected chi connectivity index (χ0v) is 9.72. The molecule has 0 unspecified atom stereocenters. The zero-order valence-electron chi connectivity index (χ0n) is 9.72. The highest BCUT2D eigenvalue weighted by Gasteiger charge is 2.07. The molecular weight excluding hydrogens is 198 g/mol. The van der Waals surface area contributed by atoms with Crippen LogP contribution >= 0.6 is 0 Å². The predicted molar refractivity (Wildman–Crippen MR) is 65.9 cm³/mol. The number of nitrogens with two attached hydrogens (primary N) is 1. The lowest BCUT2D eigenvalue weighted by molar-refractivity contribution is 0.538. The van der Waals surface area contributed by atoms with Crippen molar-refractivity contribution in [1.82, 2.24) is 9.78 Å². The molecule has 1 heterocycles. The highest BCUT2D eigenvalue weighted by atomic mass is 15.3. The van der Waals surface area contributed by atoms with E-state index in [2.05, 4.69) is 43.2 Å². The first kappa shape index (κ1) is 10.9. The average molecular weight is 215 g/mol. The van der Waals surface area contributed by atoms with E-state index in [1.54, 1.807) is 0 Å². The molecule has 0 fully saturated rings. The van der Waals surface area contributed by atoms with E-state index in [-0.39, 0.29) is 0 Å². The fourth-order valence-corrected chi connectivity index (χ4v) is 1.77. The lowest BCUT2D eigenvalue weighted by Crippen LogP contribution is -2.04. The Morgan fingerprint density at radius 1 is 1.19 bits per heavy atom. The average Bonchev–Trinajstić information content (AvgIpc) is 2.78. The normalized spacial score (nSPS) is 11.0. The van der Waals surface area contributed by atoms with Gasteiger partial charge >= 0.3 is 0 Å². The first-order valence-electron chi connectivity index (χ1n) is 5.55. The van der Waals surface area contributed by atoms with Crippen molar-refractivity contribution in [2.24, 2.45) is 5.73 Å². The molecule has 0 radical (unpaired) electrons. The van der Waals surface area contributed by atoms with E-state index in [0.29, 0.717) is 12.6 Å². The largest absolute Gasteiger partial charge is 0.326 e. The van der Waals surface area contributed by atoms with Gasteiger partial charge in [-0.3, -0.25) is 4.68 Å². The van der Waals surface area contributed by atoms with Crippen molar-refractivity contribution in [3.63, 3.8) is 0 Å². The summed E-state index contributed by atoms with van der Waals surface area (Å²) in [5.74, 6) is 0. The highest BCUT2D eigenvalue weighted by Crippen LogP contribution is 2.22. The molecule has 0 saturated carbocycles. The lowest BCUT2D eigenvalue weighted by atomic mass is 10.1. The van der Waals surface area contributed by atoms with Crippen LogP contribution in [-0.4, -0.2) is 9.78 Å². The number of rotatable bonds is 3. The van der Waals surface area contributed by atoms with Crippen LogP contribution in [0.1, 0.15) is 25.5 Å². The van der Waals surface area contributed by atoms with Crippen molar-refractivity contribution in [3.05, 3.63) is 42.1 Å². The molecule has 2 rings (SSSR count). The molecule has 16 heavy (non-hydrogen) atoms. The smallest absolute Gasteiger partial charge is 0.0685 e. The fourth-order valence-electron chi connectivity index (χ4n) is 1.77. The third-order valence-electron chi connectivity index (χ3n) is 2.64. The van der Waals surface area contributed by atoms with E-state index in [1.807, 2.05) is 16.9 Å². The third-order valence-corrected chi connectivity index (χ3v) is 2.64.